The van der Waals surface area contributed by atoms with Gasteiger partial charge in [0.25, 0.3) is 0 Å². The Morgan fingerprint density at radius 2 is 1.06 bits per heavy atom. The number of thiol groups is 1. The topological polar surface area (TPSA) is 18.5 Å². The molecule has 0 saturated carbocycles. The van der Waals surface area contributed by atoms with Gasteiger partial charge in [0.05, 0.1) is 18.8 Å². The Hall–Kier alpha value is -0.560. The van der Waals surface area contributed by atoms with Crippen molar-refractivity contribution < 1.29 is 9.47 Å². The molecule has 0 fully saturated rings. The van der Waals surface area contributed by atoms with Crippen LogP contribution in [0.15, 0.2) is 48.5 Å². The Morgan fingerprint density at radius 3 is 1.49 bits per heavy atom. The highest BCUT2D eigenvalue weighted by Crippen LogP contribution is 2.37. The molecule has 2 aromatic carbocycles. The van der Waals surface area contributed by atoms with E-state index in [9.17, 15) is 0 Å². The van der Waals surface area contributed by atoms with Gasteiger partial charge in [-0.15, -0.1) is 0 Å². The average molecular weight is 611 g/mol. The first kappa shape index (κ1) is 30.7. The minimum absolute atomic E-state index is 0.104. The van der Waals surface area contributed by atoms with E-state index < -0.39 is 0 Å². The SMILES string of the molecule is CC(C)C(C)COC(C)(I)c1ccc(C(C)(C)c2ccc(C(C)(C)OCC(C)C(C)S)cc2)cc1. The fourth-order valence-corrected chi connectivity index (χ4v) is 4.39. The molecule has 2 nitrogen and oxygen atoms in total. The Bertz CT molecular complexity index is 839. The van der Waals surface area contributed by atoms with Gasteiger partial charge in [-0.1, -0.05) is 97.0 Å². The molecule has 0 aliphatic heterocycles. The summed E-state index contributed by atoms with van der Waals surface area (Å²) in [5.74, 6) is 1.57. The van der Waals surface area contributed by atoms with Gasteiger partial charge in [-0.2, -0.15) is 12.6 Å². The molecule has 0 radical (unpaired) electrons. The molecule has 4 atom stereocenters. The third-order valence-corrected chi connectivity index (χ3v) is 9.15. The number of alkyl halides is 1. The van der Waals surface area contributed by atoms with Crippen LogP contribution in [0.25, 0.3) is 0 Å². The number of ether oxygens (including phenoxy) is 2. The monoisotopic (exact) mass is 610 g/mol. The van der Waals surface area contributed by atoms with Crippen molar-refractivity contribution in [2.45, 2.75) is 89.1 Å². The molecule has 0 saturated heterocycles. The maximum Gasteiger partial charge on any atom is 0.141 e. The van der Waals surface area contributed by atoms with Crippen molar-refractivity contribution in [2.24, 2.45) is 17.8 Å². The summed E-state index contributed by atoms with van der Waals surface area (Å²) in [4.78, 5) is 0. The zero-order valence-electron chi connectivity index (χ0n) is 23.5. The molecule has 196 valence electrons. The van der Waals surface area contributed by atoms with Crippen molar-refractivity contribution in [3.8, 4) is 0 Å². The van der Waals surface area contributed by atoms with Gasteiger partial charge in [0.1, 0.15) is 3.61 Å². The predicted molar refractivity (Wildman–Crippen MR) is 163 cm³/mol. The normalized spacial score (nSPS) is 17.2. The summed E-state index contributed by atoms with van der Waals surface area (Å²) in [6.45, 7) is 23.6. The van der Waals surface area contributed by atoms with Crippen molar-refractivity contribution in [1.82, 2.24) is 0 Å². The van der Waals surface area contributed by atoms with Crippen LogP contribution < -0.4 is 0 Å². The fourth-order valence-electron chi connectivity index (χ4n) is 3.77. The molecule has 2 aromatic rings. The third-order valence-electron chi connectivity index (χ3n) is 7.71. The second kappa shape index (κ2) is 12.3. The second-order valence-electron chi connectivity index (χ2n) is 11.8. The van der Waals surface area contributed by atoms with E-state index in [1.807, 2.05) is 0 Å². The first-order chi connectivity index (χ1) is 16.1. The lowest BCUT2D eigenvalue weighted by Gasteiger charge is -2.31. The van der Waals surface area contributed by atoms with Crippen LogP contribution in [0, 0.1) is 17.8 Å². The number of hydrogen-bond donors (Lipinski definition) is 1. The van der Waals surface area contributed by atoms with Crippen LogP contribution in [0.5, 0.6) is 0 Å². The largest absolute Gasteiger partial charge is 0.371 e. The maximum atomic E-state index is 6.31. The lowest BCUT2D eigenvalue weighted by atomic mass is 9.77. The average Bonchev–Trinajstić information content (AvgIpc) is 2.81. The lowest BCUT2D eigenvalue weighted by Crippen LogP contribution is -2.27. The number of hydrogen-bond acceptors (Lipinski definition) is 3. The smallest absolute Gasteiger partial charge is 0.141 e. The molecule has 0 N–H and O–H groups in total. The molecule has 4 unspecified atom stereocenters. The van der Waals surface area contributed by atoms with Crippen LogP contribution in [0.3, 0.4) is 0 Å². The molecule has 0 amide bonds. The van der Waals surface area contributed by atoms with E-state index in [0.717, 1.165) is 6.61 Å². The van der Waals surface area contributed by atoms with Crippen molar-refractivity contribution in [3.05, 3.63) is 70.8 Å². The quantitative estimate of drug-likeness (QED) is 0.147. The summed E-state index contributed by atoms with van der Waals surface area (Å²) in [6, 6.07) is 17.9. The van der Waals surface area contributed by atoms with Crippen LogP contribution in [-0.2, 0) is 24.1 Å². The molecule has 0 spiro atoms. The Labute approximate surface area is 234 Å². The Kier molecular flexibility index (Phi) is 10.8. The first-order valence-corrected chi connectivity index (χ1v) is 14.5. The summed E-state index contributed by atoms with van der Waals surface area (Å²) in [7, 11) is 0. The highest BCUT2D eigenvalue weighted by atomic mass is 127. The zero-order valence-corrected chi connectivity index (χ0v) is 26.5. The molecule has 0 bridgehead atoms. The molecule has 0 aromatic heterocycles. The van der Waals surface area contributed by atoms with Gasteiger partial charge in [0.2, 0.25) is 0 Å². The molecule has 0 aliphatic carbocycles. The van der Waals surface area contributed by atoms with Gasteiger partial charge in [-0.3, -0.25) is 0 Å². The van der Waals surface area contributed by atoms with E-state index in [4.69, 9.17) is 9.47 Å². The van der Waals surface area contributed by atoms with Crippen LogP contribution in [0.2, 0.25) is 0 Å². The predicted octanol–water partition coefficient (Wildman–Crippen LogP) is 9.14. The van der Waals surface area contributed by atoms with E-state index in [1.54, 1.807) is 0 Å². The van der Waals surface area contributed by atoms with Gasteiger partial charge < -0.3 is 9.47 Å². The minimum atomic E-state index is -0.334. The molecular weight excluding hydrogens is 563 g/mol. The van der Waals surface area contributed by atoms with Crippen LogP contribution in [-0.4, -0.2) is 18.5 Å². The third kappa shape index (κ3) is 8.21. The van der Waals surface area contributed by atoms with Crippen molar-refractivity contribution >= 4 is 35.2 Å². The summed E-state index contributed by atoms with van der Waals surface area (Å²) in [5.41, 5.74) is 4.55. The van der Waals surface area contributed by atoms with E-state index >= 15 is 0 Å². The molecule has 2 rings (SSSR count). The van der Waals surface area contributed by atoms with E-state index in [2.05, 4.69) is 153 Å². The molecule has 0 aliphatic rings. The number of benzene rings is 2. The Balaban J connectivity index is 2.14. The standard InChI is InChI=1S/C31H47IO2S/c1-21(2)22(3)19-34-31(10,32)28-17-13-26(14-18-28)29(6,7)25-11-15-27(16-12-25)30(8,9)33-20-23(4)24(5)35/h11-18,21-24,35H,19-20H2,1-10H3. The first-order valence-electron chi connectivity index (χ1n) is 12.9. The van der Waals surface area contributed by atoms with Crippen LogP contribution in [0.4, 0.5) is 0 Å². The number of halogens is 1. The highest BCUT2D eigenvalue weighted by Gasteiger charge is 2.29. The summed E-state index contributed by atoms with van der Waals surface area (Å²) in [5, 5.41) is 0.320. The van der Waals surface area contributed by atoms with Gasteiger partial charge in [-0.05, 0) is 83.4 Å². The van der Waals surface area contributed by atoms with Gasteiger partial charge in [-0.25, -0.2) is 0 Å². The van der Waals surface area contributed by atoms with E-state index in [-0.39, 0.29) is 14.6 Å². The van der Waals surface area contributed by atoms with E-state index in [1.165, 1.54) is 22.3 Å². The highest BCUT2D eigenvalue weighted by molar-refractivity contribution is 14.1. The molecular formula is C31H47IO2S. The van der Waals surface area contributed by atoms with Crippen LogP contribution in [0.1, 0.15) is 91.5 Å². The Morgan fingerprint density at radius 1 is 0.657 bits per heavy atom. The van der Waals surface area contributed by atoms with Crippen molar-refractivity contribution in [2.75, 3.05) is 13.2 Å². The summed E-state index contributed by atoms with van der Waals surface area (Å²) in [6.07, 6.45) is 0. The molecule has 35 heavy (non-hydrogen) atoms. The van der Waals surface area contributed by atoms with Gasteiger partial charge >= 0.3 is 0 Å². The van der Waals surface area contributed by atoms with Gasteiger partial charge in [0, 0.05) is 10.7 Å². The number of rotatable bonds is 12. The lowest BCUT2D eigenvalue weighted by molar-refractivity contribution is -0.0368. The second-order valence-corrected chi connectivity index (χ2v) is 14.6. The molecule has 0 heterocycles. The maximum absolute atomic E-state index is 6.31. The summed E-state index contributed by atoms with van der Waals surface area (Å²) >= 11 is 6.98. The van der Waals surface area contributed by atoms with Gasteiger partial charge in [0.15, 0.2) is 0 Å². The van der Waals surface area contributed by atoms with Crippen molar-refractivity contribution in [3.63, 3.8) is 0 Å². The van der Waals surface area contributed by atoms with E-state index in [0.29, 0.717) is 29.6 Å². The summed E-state index contributed by atoms with van der Waals surface area (Å²) < 4.78 is 12.3. The fraction of sp³-hybridized carbons (Fsp3) is 0.613. The minimum Gasteiger partial charge on any atom is -0.371 e. The zero-order chi connectivity index (χ0) is 26.6. The van der Waals surface area contributed by atoms with Crippen LogP contribution >= 0.6 is 35.2 Å². The molecule has 4 heteroatoms. The van der Waals surface area contributed by atoms with Crippen molar-refractivity contribution in [1.29, 1.82) is 0 Å².